The fraction of sp³-hybridized carbons (Fsp3) is 0.778. The van der Waals surface area contributed by atoms with E-state index in [1.54, 1.807) is 4.90 Å². The van der Waals surface area contributed by atoms with E-state index in [9.17, 15) is 9.59 Å². The number of hydrogen-bond donors (Lipinski definition) is 2. The number of urea groups is 1. The molecular formula is C9H17N3O3. The summed E-state index contributed by atoms with van der Waals surface area (Å²) in [5, 5.41) is 5.16. The molecule has 0 aromatic rings. The zero-order valence-corrected chi connectivity index (χ0v) is 8.91. The molecule has 0 radical (unpaired) electrons. The first-order valence-corrected chi connectivity index (χ1v) is 5.11. The number of carbonyl (C=O) groups excluding carboxylic acids is 2. The van der Waals surface area contributed by atoms with Crippen LogP contribution in [0.25, 0.3) is 0 Å². The average Bonchev–Trinajstić information content (AvgIpc) is 2.27. The average molecular weight is 215 g/mol. The molecule has 0 aliphatic carbocycles. The molecule has 0 aromatic carbocycles. The molecule has 0 aromatic heterocycles. The van der Waals surface area contributed by atoms with Gasteiger partial charge in [-0.25, -0.2) is 4.79 Å². The molecule has 1 aliphatic heterocycles. The van der Waals surface area contributed by atoms with Crippen LogP contribution in [0.4, 0.5) is 4.79 Å². The first-order chi connectivity index (χ1) is 7.24. The molecule has 1 fully saturated rings. The van der Waals surface area contributed by atoms with E-state index in [0.29, 0.717) is 32.8 Å². The number of amides is 3. The molecule has 0 atom stereocenters. The van der Waals surface area contributed by atoms with E-state index >= 15 is 0 Å². The predicted octanol–water partition coefficient (Wildman–Crippen LogP) is -0.836. The summed E-state index contributed by atoms with van der Waals surface area (Å²) in [7, 11) is 0. The Kier molecular flexibility index (Phi) is 4.89. The van der Waals surface area contributed by atoms with E-state index < -0.39 is 0 Å². The Morgan fingerprint density at radius 3 is 2.53 bits per heavy atom. The highest BCUT2D eigenvalue weighted by Crippen LogP contribution is 1.96. The summed E-state index contributed by atoms with van der Waals surface area (Å²) in [6, 6.07) is -0.204. The molecule has 1 heterocycles. The van der Waals surface area contributed by atoms with Gasteiger partial charge in [0.25, 0.3) is 0 Å². The summed E-state index contributed by atoms with van der Waals surface area (Å²) in [6.07, 6.45) is 0. The van der Waals surface area contributed by atoms with Gasteiger partial charge in [-0.2, -0.15) is 0 Å². The van der Waals surface area contributed by atoms with Gasteiger partial charge in [0.2, 0.25) is 5.91 Å². The fourth-order valence-electron chi connectivity index (χ4n) is 1.29. The summed E-state index contributed by atoms with van der Waals surface area (Å²) >= 11 is 0. The van der Waals surface area contributed by atoms with Gasteiger partial charge in [-0.3, -0.25) is 4.79 Å². The SMILES string of the molecule is CCNC(=O)CNC(=O)N1CCOCC1. The van der Waals surface area contributed by atoms with Gasteiger partial charge in [-0.05, 0) is 6.92 Å². The zero-order chi connectivity index (χ0) is 11.1. The molecule has 2 N–H and O–H groups in total. The third-order valence-corrected chi connectivity index (χ3v) is 2.07. The molecule has 0 spiro atoms. The van der Waals surface area contributed by atoms with Crippen molar-refractivity contribution in [2.45, 2.75) is 6.92 Å². The number of hydrogen-bond acceptors (Lipinski definition) is 3. The summed E-state index contributed by atoms with van der Waals surface area (Å²) < 4.78 is 5.11. The van der Waals surface area contributed by atoms with Gasteiger partial charge in [0.1, 0.15) is 0 Å². The number of likely N-dealkylation sites (N-methyl/N-ethyl adjacent to an activating group) is 1. The Hall–Kier alpha value is -1.30. The van der Waals surface area contributed by atoms with Gasteiger partial charge in [-0.15, -0.1) is 0 Å². The molecule has 86 valence electrons. The molecule has 15 heavy (non-hydrogen) atoms. The summed E-state index contributed by atoms with van der Waals surface area (Å²) in [4.78, 5) is 24.2. The molecule has 0 saturated carbocycles. The number of nitrogens with zero attached hydrogens (tertiary/aromatic N) is 1. The van der Waals surface area contributed by atoms with Crippen LogP contribution in [-0.4, -0.2) is 56.2 Å². The van der Waals surface area contributed by atoms with Crippen LogP contribution in [0.15, 0.2) is 0 Å². The number of nitrogens with one attached hydrogen (secondary N) is 2. The summed E-state index contributed by atoms with van der Waals surface area (Å²) in [5.41, 5.74) is 0. The quantitative estimate of drug-likeness (QED) is 0.645. The monoisotopic (exact) mass is 215 g/mol. The van der Waals surface area contributed by atoms with Crippen LogP contribution in [-0.2, 0) is 9.53 Å². The largest absolute Gasteiger partial charge is 0.378 e. The number of morpholine rings is 1. The topological polar surface area (TPSA) is 70.7 Å². The van der Waals surface area contributed by atoms with E-state index in [4.69, 9.17) is 4.74 Å². The third-order valence-electron chi connectivity index (χ3n) is 2.07. The maximum absolute atomic E-state index is 11.5. The molecule has 0 bridgehead atoms. The lowest BCUT2D eigenvalue weighted by molar-refractivity contribution is -0.120. The molecule has 0 unspecified atom stereocenters. The molecule has 1 rings (SSSR count). The lowest BCUT2D eigenvalue weighted by Gasteiger charge is -2.26. The van der Waals surface area contributed by atoms with Crippen molar-refractivity contribution in [3.05, 3.63) is 0 Å². The van der Waals surface area contributed by atoms with Crippen LogP contribution in [0.2, 0.25) is 0 Å². The van der Waals surface area contributed by atoms with Crippen molar-refractivity contribution < 1.29 is 14.3 Å². The van der Waals surface area contributed by atoms with Gasteiger partial charge in [-0.1, -0.05) is 0 Å². The van der Waals surface area contributed by atoms with Gasteiger partial charge in [0.15, 0.2) is 0 Å². The van der Waals surface area contributed by atoms with Crippen molar-refractivity contribution in [2.24, 2.45) is 0 Å². The van der Waals surface area contributed by atoms with Crippen LogP contribution >= 0.6 is 0 Å². The Morgan fingerprint density at radius 2 is 1.93 bits per heavy atom. The smallest absolute Gasteiger partial charge is 0.317 e. The minimum atomic E-state index is -0.204. The van der Waals surface area contributed by atoms with E-state index in [-0.39, 0.29) is 18.5 Å². The molecule has 1 aliphatic rings. The second-order valence-corrected chi connectivity index (χ2v) is 3.21. The fourth-order valence-corrected chi connectivity index (χ4v) is 1.29. The maximum Gasteiger partial charge on any atom is 0.317 e. The van der Waals surface area contributed by atoms with Gasteiger partial charge < -0.3 is 20.3 Å². The summed E-state index contributed by atoms with van der Waals surface area (Å²) in [6.45, 7) is 4.74. The first kappa shape index (κ1) is 11.8. The van der Waals surface area contributed by atoms with Crippen LogP contribution in [0.1, 0.15) is 6.92 Å². The molecule has 6 heteroatoms. The van der Waals surface area contributed by atoms with Gasteiger partial charge >= 0.3 is 6.03 Å². The lowest BCUT2D eigenvalue weighted by atomic mass is 10.4. The van der Waals surface area contributed by atoms with Crippen molar-refractivity contribution in [1.29, 1.82) is 0 Å². The van der Waals surface area contributed by atoms with E-state index in [0.717, 1.165) is 0 Å². The van der Waals surface area contributed by atoms with Crippen molar-refractivity contribution in [1.82, 2.24) is 15.5 Å². The highest BCUT2D eigenvalue weighted by molar-refractivity contribution is 5.83. The Morgan fingerprint density at radius 1 is 1.27 bits per heavy atom. The minimum Gasteiger partial charge on any atom is -0.378 e. The second kappa shape index (κ2) is 6.23. The number of carbonyl (C=O) groups is 2. The molecule has 1 saturated heterocycles. The summed E-state index contributed by atoms with van der Waals surface area (Å²) in [5.74, 6) is -0.167. The van der Waals surface area contributed by atoms with Crippen molar-refractivity contribution in [2.75, 3.05) is 39.4 Å². The van der Waals surface area contributed by atoms with Crippen LogP contribution in [0.3, 0.4) is 0 Å². The van der Waals surface area contributed by atoms with Crippen molar-refractivity contribution in [3.8, 4) is 0 Å². The van der Waals surface area contributed by atoms with Gasteiger partial charge in [0, 0.05) is 19.6 Å². The van der Waals surface area contributed by atoms with Crippen molar-refractivity contribution >= 4 is 11.9 Å². The van der Waals surface area contributed by atoms with E-state index in [1.807, 2.05) is 6.92 Å². The maximum atomic E-state index is 11.5. The molecule has 6 nitrogen and oxygen atoms in total. The van der Waals surface area contributed by atoms with Crippen LogP contribution in [0, 0.1) is 0 Å². The Balaban J connectivity index is 2.19. The second-order valence-electron chi connectivity index (χ2n) is 3.21. The zero-order valence-electron chi connectivity index (χ0n) is 8.91. The standard InChI is InChI=1S/C9H17N3O3/c1-2-10-8(13)7-11-9(14)12-3-5-15-6-4-12/h2-7H2,1H3,(H,10,13)(H,11,14). The van der Waals surface area contributed by atoms with Crippen LogP contribution < -0.4 is 10.6 Å². The van der Waals surface area contributed by atoms with Gasteiger partial charge in [0.05, 0.1) is 19.8 Å². The molecule has 3 amide bonds. The normalized spacial score (nSPS) is 15.9. The highest BCUT2D eigenvalue weighted by Gasteiger charge is 2.16. The highest BCUT2D eigenvalue weighted by atomic mass is 16.5. The first-order valence-electron chi connectivity index (χ1n) is 5.11. The number of ether oxygens (including phenoxy) is 1. The number of rotatable bonds is 3. The lowest BCUT2D eigenvalue weighted by Crippen LogP contribution is -2.48. The molecular weight excluding hydrogens is 198 g/mol. The Labute approximate surface area is 88.9 Å². The van der Waals surface area contributed by atoms with Crippen molar-refractivity contribution in [3.63, 3.8) is 0 Å². The minimum absolute atomic E-state index is 0.0318. The van der Waals surface area contributed by atoms with Crippen LogP contribution in [0.5, 0.6) is 0 Å². The Bertz CT molecular complexity index is 227. The van der Waals surface area contributed by atoms with E-state index in [1.165, 1.54) is 0 Å². The predicted molar refractivity (Wildman–Crippen MR) is 54.5 cm³/mol. The third kappa shape index (κ3) is 4.16. The van der Waals surface area contributed by atoms with E-state index in [2.05, 4.69) is 10.6 Å².